The van der Waals surface area contributed by atoms with E-state index in [2.05, 4.69) is 6.58 Å². The van der Waals surface area contributed by atoms with Crippen molar-refractivity contribution in [1.82, 2.24) is 0 Å². The minimum absolute atomic E-state index is 0.0171. The molecule has 0 aromatic rings. The van der Waals surface area contributed by atoms with Crippen LogP contribution in [0.4, 0.5) is 0 Å². The molecular weight excluding hydrogens is 156 g/mol. The highest BCUT2D eigenvalue weighted by Crippen LogP contribution is 2.37. The van der Waals surface area contributed by atoms with E-state index in [1.165, 1.54) is 6.08 Å². The molecule has 3 nitrogen and oxygen atoms in total. The van der Waals surface area contributed by atoms with Crippen LogP contribution in [0.15, 0.2) is 12.7 Å². The van der Waals surface area contributed by atoms with Gasteiger partial charge in [-0.25, -0.2) is 0 Å². The highest BCUT2D eigenvalue weighted by atomic mass is 16.6. The van der Waals surface area contributed by atoms with E-state index in [0.29, 0.717) is 13.0 Å². The van der Waals surface area contributed by atoms with Gasteiger partial charge in [0.25, 0.3) is 0 Å². The van der Waals surface area contributed by atoms with E-state index in [0.717, 1.165) is 0 Å². The summed E-state index contributed by atoms with van der Waals surface area (Å²) >= 11 is 0. The summed E-state index contributed by atoms with van der Waals surface area (Å²) in [6.45, 7) is 5.93. The van der Waals surface area contributed by atoms with Crippen LogP contribution in [0.1, 0.15) is 13.3 Å². The molecule has 2 unspecified atom stereocenters. The number of hydrogen-bond donors (Lipinski definition) is 1. The third-order valence-corrected chi connectivity index (χ3v) is 2.30. The Morgan fingerprint density at radius 2 is 2.50 bits per heavy atom. The molecule has 0 aromatic heterocycles. The summed E-state index contributed by atoms with van der Waals surface area (Å²) in [5, 5.41) is 8.73. The van der Waals surface area contributed by atoms with E-state index in [1.54, 1.807) is 0 Å². The first kappa shape index (κ1) is 9.42. The van der Waals surface area contributed by atoms with Gasteiger partial charge < -0.3 is 9.84 Å². The summed E-state index contributed by atoms with van der Waals surface area (Å²) in [5.74, 6) is -0.260. The molecule has 0 spiro atoms. The molecule has 0 bridgehead atoms. The summed E-state index contributed by atoms with van der Waals surface area (Å²) < 4.78 is 5.15. The number of rotatable bonds is 5. The minimum Gasteiger partial charge on any atom is -0.396 e. The van der Waals surface area contributed by atoms with E-state index in [4.69, 9.17) is 9.84 Å². The minimum atomic E-state index is -0.339. The van der Waals surface area contributed by atoms with Crippen molar-refractivity contribution < 1.29 is 14.6 Å². The van der Waals surface area contributed by atoms with Crippen molar-refractivity contribution in [2.45, 2.75) is 18.9 Å². The molecule has 0 amide bonds. The van der Waals surface area contributed by atoms with Crippen molar-refractivity contribution in [2.75, 3.05) is 13.2 Å². The van der Waals surface area contributed by atoms with Crippen LogP contribution >= 0.6 is 0 Å². The molecule has 0 aliphatic carbocycles. The van der Waals surface area contributed by atoms with Gasteiger partial charge in [0.2, 0.25) is 0 Å². The fourth-order valence-corrected chi connectivity index (χ4v) is 1.33. The number of aliphatic hydroxyl groups excluding tert-OH is 1. The summed E-state index contributed by atoms with van der Waals surface area (Å²) in [4.78, 5) is 11.3. The highest BCUT2D eigenvalue weighted by molar-refractivity contribution is 5.92. The second-order valence-corrected chi connectivity index (χ2v) is 3.27. The van der Waals surface area contributed by atoms with Crippen LogP contribution in [0.5, 0.6) is 0 Å². The van der Waals surface area contributed by atoms with Crippen LogP contribution in [-0.4, -0.2) is 29.7 Å². The Morgan fingerprint density at radius 3 is 2.83 bits per heavy atom. The van der Waals surface area contributed by atoms with Gasteiger partial charge in [0.1, 0.15) is 0 Å². The topological polar surface area (TPSA) is 49.8 Å². The van der Waals surface area contributed by atoms with Crippen LogP contribution in [0.2, 0.25) is 0 Å². The fourth-order valence-electron chi connectivity index (χ4n) is 1.33. The van der Waals surface area contributed by atoms with Crippen molar-refractivity contribution in [3.8, 4) is 0 Å². The lowest BCUT2D eigenvalue weighted by molar-refractivity contribution is -0.120. The first-order valence-corrected chi connectivity index (χ1v) is 4.05. The van der Waals surface area contributed by atoms with Crippen molar-refractivity contribution in [2.24, 2.45) is 5.92 Å². The second-order valence-electron chi connectivity index (χ2n) is 3.27. The van der Waals surface area contributed by atoms with E-state index in [1.807, 2.05) is 6.92 Å². The molecule has 0 radical (unpaired) electrons. The van der Waals surface area contributed by atoms with E-state index >= 15 is 0 Å². The molecule has 1 saturated heterocycles. The SMILES string of the molecule is C=CC(=O)C(CCO)C1(C)CO1. The third kappa shape index (κ3) is 1.73. The van der Waals surface area contributed by atoms with Crippen molar-refractivity contribution in [1.29, 1.82) is 0 Å². The number of hydrogen-bond acceptors (Lipinski definition) is 3. The second kappa shape index (κ2) is 3.37. The van der Waals surface area contributed by atoms with Crippen molar-refractivity contribution in [3.05, 3.63) is 12.7 Å². The summed E-state index contributed by atoms with van der Waals surface area (Å²) in [6, 6.07) is 0. The van der Waals surface area contributed by atoms with Crippen LogP contribution in [0.25, 0.3) is 0 Å². The lowest BCUT2D eigenvalue weighted by Gasteiger charge is -2.16. The zero-order valence-corrected chi connectivity index (χ0v) is 7.25. The van der Waals surface area contributed by atoms with Crippen LogP contribution in [0.3, 0.4) is 0 Å². The Bertz CT molecular complexity index is 194. The smallest absolute Gasteiger partial charge is 0.161 e. The monoisotopic (exact) mass is 170 g/mol. The van der Waals surface area contributed by atoms with E-state index in [-0.39, 0.29) is 23.9 Å². The zero-order chi connectivity index (χ0) is 9.19. The summed E-state index contributed by atoms with van der Waals surface area (Å²) in [6.07, 6.45) is 1.76. The van der Waals surface area contributed by atoms with Crippen molar-refractivity contribution in [3.63, 3.8) is 0 Å². The quantitative estimate of drug-likeness (QED) is 0.483. The Balaban J connectivity index is 2.60. The molecule has 1 heterocycles. The Labute approximate surface area is 72.0 Å². The Kier molecular flexibility index (Phi) is 2.65. The predicted octanol–water partition coefficient (Wildman–Crippen LogP) is 0.529. The van der Waals surface area contributed by atoms with Gasteiger partial charge in [-0.3, -0.25) is 4.79 Å². The molecule has 0 aromatic carbocycles. The first-order valence-electron chi connectivity index (χ1n) is 4.05. The number of aliphatic hydroxyl groups is 1. The number of ketones is 1. The Morgan fingerprint density at radius 1 is 1.92 bits per heavy atom. The van der Waals surface area contributed by atoms with Gasteiger partial charge in [-0.05, 0) is 19.4 Å². The predicted molar refractivity (Wildman–Crippen MR) is 44.8 cm³/mol. The standard InChI is InChI=1S/C9H14O3/c1-3-8(11)7(4-5-10)9(2)6-12-9/h3,7,10H,1,4-6H2,2H3. The zero-order valence-electron chi connectivity index (χ0n) is 7.25. The van der Waals surface area contributed by atoms with Crippen LogP contribution in [-0.2, 0) is 9.53 Å². The Hall–Kier alpha value is -0.670. The number of ether oxygens (including phenoxy) is 1. The van der Waals surface area contributed by atoms with Gasteiger partial charge in [0.05, 0.1) is 18.1 Å². The summed E-state index contributed by atoms with van der Waals surface area (Å²) in [7, 11) is 0. The molecule has 12 heavy (non-hydrogen) atoms. The molecule has 1 aliphatic rings. The highest BCUT2D eigenvalue weighted by Gasteiger charge is 2.48. The van der Waals surface area contributed by atoms with E-state index < -0.39 is 0 Å². The van der Waals surface area contributed by atoms with Gasteiger partial charge in [0.15, 0.2) is 5.78 Å². The van der Waals surface area contributed by atoms with Crippen LogP contribution in [0, 0.1) is 5.92 Å². The third-order valence-electron chi connectivity index (χ3n) is 2.30. The van der Waals surface area contributed by atoms with Crippen LogP contribution < -0.4 is 0 Å². The molecule has 1 aliphatic heterocycles. The number of carbonyl (C=O) groups excluding carboxylic acids is 1. The molecule has 1 fully saturated rings. The lowest BCUT2D eigenvalue weighted by atomic mass is 9.88. The summed E-state index contributed by atoms with van der Waals surface area (Å²) in [5.41, 5.74) is -0.339. The maximum absolute atomic E-state index is 11.3. The van der Waals surface area contributed by atoms with E-state index in [9.17, 15) is 4.79 Å². The molecular formula is C9H14O3. The molecule has 1 rings (SSSR count). The maximum atomic E-state index is 11.3. The number of epoxide rings is 1. The molecule has 3 heteroatoms. The number of carbonyl (C=O) groups is 1. The van der Waals surface area contributed by atoms with Gasteiger partial charge in [0, 0.05) is 6.61 Å². The molecule has 0 saturated carbocycles. The molecule has 68 valence electrons. The largest absolute Gasteiger partial charge is 0.396 e. The van der Waals surface area contributed by atoms with Gasteiger partial charge in [-0.1, -0.05) is 6.58 Å². The first-order chi connectivity index (χ1) is 5.64. The normalized spacial score (nSPS) is 29.5. The fraction of sp³-hybridized carbons (Fsp3) is 0.667. The van der Waals surface area contributed by atoms with Gasteiger partial charge in [-0.15, -0.1) is 0 Å². The average Bonchev–Trinajstić information content (AvgIpc) is 2.79. The van der Waals surface area contributed by atoms with Gasteiger partial charge >= 0.3 is 0 Å². The van der Waals surface area contributed by atoms with Crippen molar-refractivity contribution >= 4 is 5.78 Å². The lowest BCUT2D eigenvalue weighted by Crippen LogP contribution is -2.28. The molecule has 1 N–H and O–H groups in total. The molecule has 2 atom stereocenters. The number of allylic oxidation sites excluding steroid dienone is 1. The van der Waals surface area contributed by atoms with Gasteiger partial charge in [-0.2, -0.15) is 0 Å². The maximum Gasteiger partial charge on any atom is 0.161 e. The average molecular weight is 170 g/mol.